The number of piperidine rings is 1. The molecule has 0 atom stereocenters. The fraction of sp³-hybridized carbons (Fsp3) is 0.444. The Labute approximate surface area is 145 Å². The van der Waals surface area contributed by atoms with Gasteiger partial charge in [0.1, 0.15) is 0 Å². The molecule has 0 saturated carbocycles. The van der Waals surface area contributed by atoms with Crippen LogP contribution in [0, 0.1) is 0 Å². The van der Waals surface area contributed by atoms with E-state index in [2.05, 4.69) is 5.16 Å². The Morgan fingerprint density at radius 2 is 2.04 bits per heavy atom. The minimum atomic E-state index is 0.0205. The molecule has 2 N–H and O–H groups in total. The first kappa shape index (κ1) is 15.8. The third kappa shape index (κ3) is 2.79. The second-order valence-corrected chi connectivity index (χ2v) is 6.40. The number of hydrogen-bond donors (Lipinski definition) is 1. The van der Waals surface area contributed by atoms with E-state index in [1.54, 1.807) is 18.2 Å². The number of carbonyl (C=O) groups is 1. The van der Waals surface area contributed by atoms with Crippen molar-refractivity contribution in [3.05, 3.63) is 35.0 Å². The average Bonchev–Trinajstić information content (AvgIpc) is 3.26. The molecule has 25 heavy (non-hydrogen) atoms. The standard InChI is InChI=1S/C18H21N3O4/c1-2-13-16(20-25-17(13)19)11-5-7-21(8-6-11)18(22)12-3-4-14-15(9-12)24-10-23-14/h3-4,9,11H,2,5-8,10,19H2,1H3. The van der Waals surface area contributed by atoms with Crippen molar-refractivity contribution in [3.63, 3.8) is 0 Å². The van der Waals surface area contributed by atoms with Crippen molar-refractivity contribution in [1.82, 2.24) is 10.1 Å². The number of rotatable bonds is 3. The number of ether oxygens (including phenoxy) is 2. The van der Waals surface area contributed by atoms with Gasteiger partial charge in [0, 0.05) is 30.1 Å². The fourth-order valence-electron chi connectivity index (χ4n) is 3.58. The Morgan fingerprint density at radius 3 is 2.80 bits per heavy atom. The molecule has 132 valence electrons. The molecule has 0 radical (unpaired) electrons. The smallest absolute Gasteiger partial charge is 0.253 e. The first-order chi connectivity index (χ1) is 12.2. The van der Waals surface area contributed by atoms with Gasteiger partial charge in [-0.15, -0.1) is 0 Å². The summed E-state index contributed by atoms with van der Waals surface area (Å²) >= 11 is 0. The highest BCUT2D eigenvalue weighted by atomic mass is 16.7. The predicted octanol–water partition coefficient (Wildman–Crippen LogP) is 2.57. The van der Waals surface area contributed by atoms with Gasteiger partial charge in [-0.05, 0) is 37.5 Å². The number of anilines is 1. The quantitative estimate of drug-likeness (QED) is 0.921. The lowest BCUT2D eigenvalue weighted by atomic mass is 9.90. The van der Waals surface area contributed by atoms with E-state index in [1.807, 2.05) is 11.8 Å². The highest BCUT2D eigenvalue weighted by molar-refractivity contribution is 5.95. The Bertz CT molecular complexity index is 794. The first-order valence-electron chi connectivity index (χ1n) is 8.60. The van der Waals surface area contributed by atoms with E-state index < -0.39 is 0 Å². The van der Waals surface area contributed by atoms with Crippen LogP contribution in [0.5, 0.6) is 11.5 Å². The van der Waals surface area contributed by atoms with Crippen LogP contribution in [0.4, 0.5) is 5.88 Å². The van der Waals surface area contributed by atoms with E-state index in [9.17, 15) is 4.79 Å². The average molecular weight is 343 g/mol. The molecule has 4 rings (SSSR count). The molecule has 1 amide bonds. The van der Waals surface area contributed by atoms with E-state index in [4.69, 9.17) is 19.7 Å². The molecule has 2 aliphatic heterocycles. The van der Waals surface area contributed by atoms with E-state index in [-0.39, 0.29) is 18.6 Å². The molecule has 1 fully saturated rings. The number of fused-ring (bicyclic) bond motifs is 1. The zero-order valence-corrected chi connectivity index (χ0v) is 14.2. The highest BCUT2D eigenvalue weighted by Crippen LogP contribution is 2.35. The number of hydrogen-bond acceptors (Lipinski definition) is 6. The Balaban J connectivity index is 1.44. The van der Waals surface area contributed by atoms with E-state index in [0.717, 1.165) is 30.5 Å². The maximum absolute atomic E-state index is 12.7. The monoisotopic (exact) mass is 343 g/mol. The predicted molar refractivity (Wildman–Crippen MR) is 90.7 cm³/mol. The SMILES string of the molecule is CCc1c(C2CCN(C(=O)c3ccc4c(c3)OCO4)CC2)noc1N. The van der Waals surface area contributed by atoms with E-state index >= 15 is 0 Å². The molecule has 0 aliphatic carbocycles. The van der Waals surface area contributed by atoms with Gasteiger partial charge in [0.05, 0.1) is 5.69 Å². The van der Waals surface area contributed by atoms with Crippen molar-refractivity contribution in [1.29, 1.82) is 0 Å². The summed E-state index contributed by atoms with van der Waals surface area (Å²) in [5, 5.41) is 4.14. The summed E-state index contributed by atoms with van der Waals surface area (Å²) in [5.74, 6) is 2.04. The summed E-state index contributed by atoms with van der Waals surface area (Å²) in [6.07, 6.45) is 2.52. The Morgan fingerprint density at radius 1 is 1.28 bits per heavy atom. The Hall–Kier alpha value is -2.70. The third-order valence-corrected chi connectivity index (χ3v) is 4.99. The van der Waals surface area contributed by atoms with E-state index in [0.29, 0.717) is 36.0 Å². The number of likely N-dealkylation sites (tertiary alicyclic amines) is 1. The number of carbonyl (C=O) groups excluding carboxylic acids is 1. The molecule has 7 heteroatoms. The van der Waals surface area contributed by atoms with Gasteiger partial charge in [0.2, 0.25) is 12.7 Å². The number of benzene rings is 1. The van der Waals surface area contributed by atoms with Gasteiger partial charge in [0.15, 0.2) is 11.5 Å². The second kappa shape index (κ2) is 6.31. The molecule has 7 nitrogen and oxygen atoms in total. The maximum atomic E-state index is 12.7. The summed E-state index contributed by atoms with van der Waals surface area (Å²) < 4.78 is 15.8. The molecule has 0 spiro atoms. The van der Waals surface area contributed by atoms with Crippen LogP contribution in [0.15, 0.2) is 22.7 Å². The minimum Gasteiger partial charge on any atom is -0.454 e. The Kier molecular flexibility index (Phi) is 3.99. The molecule has 2 aliphatic rings. The zero-order valence-electron chi connectivity index (χ0n) is 14.2. The van der Waals surface area contributed by atoms with Gasteiger partial charge in [-0.3, -0.25) is 4.79 Å². The van der Waals surface area contributed by atoms with Crippen molar-refractivity contribution >= 4 is 11.8 Å². The fourth-order valence-corrected chi connectivity index (χ4v) is 3.58. The molecule has 0 bridgehead atoms. The minimum absolute atomic E-state index is 0.0205. The molecule has 1 aromatic heterocycles. The molecule has 0 unspecified atom stereocenters. The van der Waals surface area contributed by atoms with Crippen molar-refractivity contribution in [2.45, 2.75) is 32.1 Å². The van der Waals surface area contributed by atoms with Crippen LogP contribution in [-0.4, -0.2) is 35.8 Å². The molecular weight excluding hydrogens is 322 g/mol. The van der Waals surface area contributed by atoms with Gasteiger partial charge < -0.3 is 24.6 Å². The van der Waals surface area contributed by atoms with Crippen molar-refractivity contribution in [3.8, 4) is 11.5 Å². The molecule has 1 aromatic carbocycles. The van der Waals surface area contributed by atoms with Gasteiger partial charge in [-0.2, -0.15) is 0 Å². The third-order valence-electron chi connectivity index (χ3n) is 4.99. The second-order valence-electron chi connectivity index (χ2n) is 6.40. The van der Waals surface area contributed by atoms with Crippen LogP contribution in [0.1, 0.15) is 47.3 Å². The summed E-state index contributed by atoms with van der Waals surface area (Å²) in [5.41, 5.74) is 8.42. The molecule has 2 aromatic rings. The van der Waals surface area contributed by atoms with Crippen LogP contribution in [0.25, 0.3) is 0 Å². The van der Waals surface area contributed by atoms with Crippen molar-refractivity contribution < 1.29 is 18.8 Å². The number of amides is 1. The summed E-state index contributed by atoms with van der Waals surface area (Å²) in [6, 6.07) is 5.33. The van der Waals surface area contributed by atoms with Crippen LogP contribution >= 0.6 is 0 Å². The highest BCUT2D eigenvalue weighted by Gasteiger charge is 2.29. The van der Waals surface area contributed by atoms with Gasteiger partial charge >= 0.3 is 0 Å². The lowest BCUT2D eigenvalue weighted by Gasteiger charge is -2.31. The van der Waals surface area contributed by atoms with Crippen LogP contribution < -0.4 is 15.2 Å². The number of aromatic nitrogens is 1. The number of nitrogens with zero attached hydrogens (tertiary/aromatic N) is 2. The molecular formula is C18H21N3O4. The van der Waals surface area contributed by atoms with Gasteiger partial charge in [-0.1, -0.05) is 12.1 Å². The van der Waals surface area contributed by atoms with Crippen LogP contribution in [-0.2, 0) is 6.42 Å². The van der Waals surface area contributed by atoms with Crippen LogP contribution in [0.3, 0.4) is 0 Å². The van der Waals surface area contributed by atoms with Gasteiger partial charge in [0.25, 0.3) is 5.91 Å². The molecule has 1 saturated heterocycles. The lowest BCUT2D eigenvalue weighted by Crippen LogP contribution is -2.38. The molecule has 3 heterocycles. The van der Waals surface area contributed by atoms with Crippen molar-refractivity contribution in [2.24, 2.45) is 0 Å². The van der Waals surface area contributed by atoms with Gasteiger partial charge in [-0.25, -0.2) is 0 Å². The zero-order chi connectivity index (χ0) is 17.4. The van der Waals surface area contributed by atoms with Crippen LogP contribution in [0.2, 0.25) is 0 Å². The summed E-state index contributed by atoms with van der Waals surface area (Å²) in [6.45, 7) is 3.63. The largest absolute Gasteiger partial charge is 0.454 e. The summed E-state index contributed by atoms with van der Waals surface area (Å²) in [4.78, 5) is 14.6. The topological polar surface area (TPSA) is 90.8 Å². The summed E-state index contributed by atoms with van der Waals surface area (Å²) in [7, 11) is 0. The van der Waals surface area contributed by atoms with E-state index in [1.165, 1.54) is 0 Å². The number of nitrogens with two attached hydrogens (primary N) is 1. The lowest BCUT2D eigenvalue weighted by molar-refractivity contribution is 0.0711. The first-order valence-corrected chi connectivity index (χ1v) is 8.60. The van der Waals surface area contributed by atoms with Crippen molar-refractivity contribution in [2.75, 3.05) is 25.6 Å². The maximum Gasteiger partial charge on any atom is 0.253 e. The number of nitrogen functional groups attached to an aromatic ring is 1. The normalized spacial score (nSPS) is 17.1.